The van der Waals surface area contributed by atoms with Crippen LogP contribution in [0.5, 0.6) is 5.75 Å². The average molecular weight is 432 g/mol. The van der Waals surface area contributed by atoms with Crippen LogP contribution in [0.15, 0.2) is 65.1 Å². The molecule has 3 aromatic carbocycles. The predicted molar refractivity (Wildman–Crippen MR) is 126 cm³/mol. The minimum Gasteiger partial charge on any atom is -0.496 e. The zero-order valence-electron chi connectivity index (χ0n) is 17.4. The molecule has 0 aliphatic rings. The number of aromatic nitrogens is 1. The number of thiocarbonyl (C=S) groups is 1. The molecule has 31 heavy (non-hydrogen) atoms. The number of nitrogens with zero attached hydrogens (tertiary/aromatic N) is 1. The van der Waals surface area contributed by atoms with E-state index in [0.29, 0.717) is 34.0 Å². The third-order valence-corrected chi connectivity index (χ3v) is 5.04. The molecule has 1 aromatic heterocycles. The van der Waals surface area contributed by atoms with Gasteiger partial charge in [0.15, 0.2) is 10.7 Å². The van der Waals surface area contributed by atoms with Crippen LogP contribution in [0.2, 0.25) is 0 Å². The van der Waals surface area contributed by atoms with Crippen molar-refractivity contribution in [2.75, 3.05) is 12.4 Å². The van der Waals surface area contributed by atoms with Gasteiger partial charge in [-0.25, -0.2) is 4.98 Å². The molecule has 0 fully saturated rings. The van der Waals surface area contributed by atoms with Crippen LogP contribution in [0.25, 0.3) is 22.6 Å². The molecular formula is C24H21N3O3S. The van der Waals surface area contributed by atoms with Crippen LogP contribution in [-0.2, 0) is 0 Å². The fraction of sp³-hybridized carbons (Fsp3) is 0.125. The molecule has 6 nitrogen and oxygen atoms in total. The highest BCUT2D eigenvalue weighted by Gasteiger charge is 2.15. The van der Waals surface area contributed by atoms with Crippen LogP contribution in [0.4, 0.5) is 5.69 Å². The highest BCUT2D eigenvalue weighted by atomic mass is 32.1. The van der Waals surface area contributed by atoms with Gasteiger partial charge in [0.05, 0.1) is 12.7 Å². The Hall–Kier alpha value is -3.71. The maximum atomic E-state index is 12.6. The van der Waals surface area contributed by atoms with Gasteiger partial charge in [-0.3, -0.25) is 10.1 Å². The average Bonchev–Trinajstić information content (AvgIpc) is 3.17. The Bertz CT molecular complexity index is 1280. The minimum atomic E-state index is -0.345. The fourth-order valence-electron chi connectivity index (χ4n) is 3.26. The SMILES string of the molecule is COc1c(C)cccc1C(=O)NC(=S)Nc1ccc2oc(-c3ccc(C)cc3)nc2c1. The molecule has 0 unspecified atom stereocenters. The third-order valence-electron chi connectivity index (χ3n) is 4.83. The third kappa shape index (κ3) is 4.41. The summed E-state index contributed by atoms with van der Waals surface area (Å²) in [6, 6.07) is 18.8. The van der Waals surface area contributed by atoms with Gasteiger partial charge in [-0.1, -0.05) is 29.8 Å². The summed E-state index contributed by atoms with van der Waals surface area (Å²) in [5.41, 5.74) is 5.42. The summed E-state index contributed by atoms with van der Waals surface area (Å²) in [4.78, 5) is 17.2. The van der Waals surface area contributed by atoms with Gasteiger partial charge < -0.3 is 14.5 Å². The van der Waals surface area contributed by atoms with E-state index in [4.69, 9.17) is 21.4 Å². The molecule has 0 saturated carbocycles. The number of hydrogen-bond acceptors (Lipinski definition) is 5. The Labute approximate surface area is 185 Å². The van der Waals surface area contributed by atoms with Gasteiger partial charge >= 0.3 is 0 Å². The molecule has 7 heteroatoms. The van der Waals surface area contributed by atoms with E-state index in [1.165, 1.54) is 12.7 Å². The highest BCUT2D eigenvalue weighted by Crippen LogP contribution is 2.27. The number of amides is 1. The lowest BCUT2D eigenvalue weighted by atomic mass is 10.1. The Morgan fingerprint density at radius 1 is 1.06 bits per heavy atom. The summed E-state index contributed by atoms with van der Waals surface area (Å²) in [5, 5.41) is 5.88. The normalized spacial score (nSPS) is 10.7. The van der Waals surface area contributed by atoms with Crippen molar-refractivity contribution in [3.63, 3.8) is 0 Å². The first-order chi connectivity index (χ1) is 14.9. The molecule has 0 radical (unpaired) electrons. The summed E-state index contributed by atoms with van der Waals surface area (Å²) in [6.45, 7) is 3.91. The monoisotopic (exact) mass is 431 g/mol. The first-order valence-corrected chi connectivity index (χ1v) is 10.1. The minimum absolute atomic E-state index is 0.176. The Balaban J connectivity index is 1.49. The Morgan fingerprint density at radius 2 is 1.84 bits per heavy atom. The second-order valence-corrected chi connectivity index (χ2v) is 7.54. The van der Waals surface area contributed by atoms with Crippen molar-refractivity contribution in [2.45, 2.75) is 13.8 Å². The van der Waals surface area contributed by atoms with Crippen molar-refractivity contribution in [2.24, 2.45) is 0 Å². The lowest BCUT2D eigenvalue weighted by Gasteiger charge is -2.13. The standard InChI is InChI=1S/C24H21N3O3S/c1-14-7-9-16(10-8-14)23-26-19-13-17(11-12-20(19)30-23)25-24(31)27-22(28)18-6-4-5-15(2)21(18)29-3/h4-13H,1-3H3,(H2,25,27,28,31). The first-order valence-electron chi connectivity index (χ1n) is 9.68. The van der Waals surface area contributed by atoms with Gasteiger partial charge in [0.1, 0.15) is 11.3 Å². The molecule has 4 aromatic rings. The lowest BCUT2D eigenvalue weighted by molar-refractivity contribution is 0.0974. The highest BCUT2D eigenvalue weighted by molar-refractivity contribution is 7.80. The van der Waals surface area contributed by atoms with Gasteiger partial charge in [0.2, 0.25) is 5.89 Å². The Kier molecular flexibility index (Phi) is 5.68. The van der Waals surface area contributed by atoms with Crippen LogP contribution in [0, 0.1) is 13.8 Å². The number of hydrogen-bond donors (Lipinski definition) is 2. The smallest absolute Gasteiger partial charge is 0.261 e. The molecule has 1 heterocycles. The van der Waals surface area contributed by atoms with Crippen LogP contribution in [-0.4, -0.2) is 23.1 Å². The Morgan fingerprint density at radius 3 is 2.58 bits per heavy atom. The topological polar surface area (TPSA) is 76.4 Å². The number of oxazole rings is 1. The fourth-order valence-corrected chi connectivity index (χ4v) is 3.47. The van der Waals surface area contributed by atoms with Crippen LogP contribution in [0.1, 0.15) is 21.5 Å². The van der Waals surface area contributed by atoms with Gasteiger partial charge in [0, 0.05) is 11.3 Å². The van der Waals surface area contributed by atoms with Crippen LogP contribution < -0.4 is 15.4 Å². The molecule has 0 bridgehead atoms. The van der Waals surface area contributed by atoms with Crippen molar-refractivity contribution in [3.8, 4) is 17.2 Å². The maximum Gasteiger partial charge on any atom is 0.261 e. The van der Waals surface area contributed by atoms with E-state index in [1.54, 1.807) is 12.1 Å². The van der Waals surface area contributed by atoms with Crippen molar-refractivity contribution < 1.29 is 13.9 Å². The number of carbonyl (C=O) groups is 1. The van der Waals surface area contributed by atoms with Crippen LogP contribution in [0.3, 0.4) is 0 Å². The number of benzene rings is 3. The van der Waals surface area contributed by atoms with Gasteiger partial charge in [-0.05, 0) is 68.0 Å². The van der Waals surface area contributed by atoms with E-state index >= 15 is 0 Å². The van der Waals surface area contributed by atoms with Crippen molar-refractivity contribution in [3.05, 3.63) is 77.4 Å². The van der Waals surface area contributed by atoms with Crippen LogP contribution >= 0.6 is 12.2 Å². The number of ether oxygens (including phenoxy) is 1. The molecule has 0 saturated heterocycles. The van der Waals surface area contributed by atoms with Crippen molar-refractivity contribution in [1.82, 2.24) is 10.3 Å². The second-order valence-electron chi connectivity index (χ2n) is 7.13. The zero-order chi connectivity index (χ0) is 22.0. The van der Waals surface area contributed by atoms with E-state index in [1.807, 2.05) is 62.4 Å². The number of rotatable bonds is 4. The number of methoxy groups -OCH3 is 1. The molecular weight excluding hydrogens is 410 g/mol. The van der Waals surface area contributed by atoms with E-state index in [2.05, 4.69) is 15.6 Å². The number of anilines is 1. The number of para-hydroxylation sites is 1. The second kappa shape index (κ2) is 8.57. The molecule has 0 atom stereocenters. The van der Waals surface area contributed by atoms with Gasteiger partial charge in [-0.2, -0.15) is 0 Å². The summed E-state index contributed by atoms with van der Waals surface area (Å²) in [6.07, 6.45) is 0. The molecule has 0 aliphatic carbocycles. The van der Waals surface area contributed by atoms with Crippen molar-refractivity contribution in [1.29, 1.82) is 0 Å². The predicted octanol–water partition coefficient (Wildman–Crippen LogP) is 5.25. The number of carbonyl (C=O) groups excluding carboxylic acids is 1. The molecule has 0 spiro atoms. The number of aryl methyl sites for hydroxylation is 2. The van der Waals surface area contributed by atoms with Gasteiger partial charge in [-0.15, -0.1) is 0 Å². The quantitative estimate of drug-likeness (QED) is 0.430. The largest absolute Gasteiger partial charge is 0.496 e. The molecule has 2 N–H and O–H groups in total. The molecule has 156 valence electrons. The summed E-state index contributed by atoms with van der Waals surface area (Å²) >= 11 is 5.31. The molecule has 1 amide bonds. The van der Waals surface area contributed by atoms with Gasteiger partial charge in [0.25, 0.3) is 5.91 Å². The summed E-state index contributed by atoms with van der Waals surface area (Å²) < 4.78 is 11.2. The zero-order valence-corrected chi connectivity index (χ0v) is 18.2. The lowest BCUT2D eigenvalue weighted by Crippen LogP contribution is -2.34. The van der Waals surface area contributed by atoms with E-state index in [9.17, 15) is 4.79 Å². The van der Waals surface area contributed by atoms with E-state index in [0.717, 1.165) is 11.1 Å². The van der Waals surface area contributed by atoms with E-state index in [-0.39, 0.29) is 11.0 Å². The van der Waals surface area contributed by atoms with Crippen molar-refractivity contribution >= 4 is 40.0 Å². The molecule has 0 aliphatic heterocycles. The number of fused-ring (bicyclic) bond motifs is 1. The maximum absolute atomic E-state index is 12.6. The summed E-state index contributed by atoms with van der Waals surface area (Å²) in [5.74, 6) is 0.729. The number of nitrogens with one attached hydrogen (secondary N) is 2. The molecule has 4 rings (SSSR count). The first kappa shape index (κ1) is 20.6. The summed E-state index contributed by atoms with van der Waals surface area (Å²) in [7, 11) is 1.54. The van der Waals surface area contributed by atoms with E-state index < -0.39 is 0 Å².